The Kier molecular flexibility index (Phi) is 3.28. The second-order valence-electron chi connectivity index (χ2n) is 7.25. The molecule has 132 valence electrons. The van der Waals surface area contributed by atoms with Gasteiger partial charge in [0.2, 0.25) is 0 Å². The summed E-state index contributed by atoms with van der Waals surface area (Å²) in [4.78, 5) is 15.4. The minimum absolute atomic E-state index is 0.0736. The number of fused-ring (bicyclic) bond motifs is 2. The Morgan fingerprint density at radius 2 is 2.16 bits per heavy atom. The molecule has 5 rings (SSSR count). The Hall–Kier alpha value is -2.15. The van der Waals surface area contributed by atoms with Gasteiger partial charge in [0, 0.05) is 30.7 Å². The summed E-state index contributed by atoms with van der Waals surface area (Å²) in [5.74, 6) is 0.609. The molecule has 1 fully saturated rings. The Morgan fingerprint density at radius 1 is 1.32 bits per heavy atom. The SMILES string of the molecule is C[C@@H](C1CC1)n1[nH]c2c(c1=O)=C(N1CCn3nccc3C1)CN(Cl)C=2. The maximum Gasteiger partial charge on any atom is 0.276 e. The summed E-state index contributed by atoms with van der Waals surface area (Å²) in [6.45, 7) is 5.07. The van der Waals surface area contributed by atoms with Crippen LogP contribution in [0.4, 0.5) is 0 Å². The molecule has 0 aromatic carbocycles. The van der Waals surface area contributed by atoms with Crippen LogP contribution in [0.2, 0.25) is 0 Å². The number of nitrogens with zero attached hydrogens (tertiary/aromatic N) is 5. The topological polar surface area (TPSA) is 62.1 Å². The zero-order valence-corrected chi connectivity index (χ0v) is 14.9. The van der Waals surface area contributed by atoms with Gasteiger partial charge in [-0.15, -0.1) is 0 Å². The fraction of sp³-hybridized carbons (Fsp3) is 0.529. The van der Waals surface area contributed by atoms with Crippen LogP contribution in [-0.2, 0) is 13.1 Å². The van der Waals surface area contributed by atoms with Crippen LogP contribution in [0.15, 0.2) is 17.1 Å². The lowest BCUT2D eigenvalue weighted by atomic mass is 10.2. The molecular formula is C17H21ClN6O. The number of halogens is 1. The van der Waals surface area contributed by atoms with Crippen molar-refractivity contribution >= 4 is 23.7 Å². The average molecular weight is 361 g/mol. The first-order valence-corrected chi connectivity index (χ1v) is 9.19. The van der Waals surface area contributed by atoms with Crippen molar-refractivity contribution in [1.82, 2.24) is 28.9 Å². The van der Waals surface area contributed by atoms with Gasteiger partial charge >= 0.3 is 0 Å². The number of nitrogens with one attached hydrogen (secondary N) is 1. The Bertz CT molecular complexity index is 997. The Balaban J connectivity index is 1.64. The minimum atomic E-state index is 0.0736. The van der Waals surface area contributed by atoms with Crippen molar-refractivity contribution in [3.05, 3.63) is 38.9 Å². The van der Waals surface area contributed by atoms with Gasteiger partial charge in [0.05, 0.1) is 47.6 Å². The zero-order valence-electron chi connectivity index (χ0n) is 14.2. The fourth-order valence-electron chi connectivity index (χ4n) is 4.00. The molecule has 0 amide bonds. The first kappa shape index (κ1) is 15.1. The van der Waals surface area contributed by atoms with Gasteiger partial charge in [0.1, 0.15) is 0 Å². The standard InChI is InChI=1S/C17H21ClN6O/c1-11(12-2-3-12)24-17(25)16-14(20-24)9-22(18)10-15(16)21-6-7-23-13(8-21)4-5-19-23/h4-5,9,11-12,20H,2-3,6-8,10H2,1H3/t11-/m0/s1. The van der Waals surface area contributed by atoms with Gasteiger partial charge in [-0.3, -0.25) is 19.0 Å². The molecular weight excluding hydrogens is 340 g/mol. The van der Waals surface area contributed by atoms with E-state index in [1.165, 1.54) is 12.8 Å². The molecule has 4 heterocycles. The van der Waals surface area contributed by atoms with Gasteiger partial charge in [-0.1, -0.05) is 0 Å². The molecule has 0 unspecified atom stereocenters. The highest BCUT2D eigenvalue weighted by Crippen LogP contribution is 2.38. The lowest BCUT2D eigenvalue weighted by molar-refractivity contribution is 0.293. The van der Waals surface area contributed by atoms with Crippen LogP contribution in [-0.4, -0.2) is 42.0 Å². The summed E-state index contributed by atoms with van der Waals surface area (Å²) in [5.41, 5.74) is 2.24. The van der Waals surface area contributed by atoms with Crippen LogP contribution in [0.3, 0.4) is 0 Å². The van der Waals surface area contributed by atoms with Gasteiger partial charge in [-0.05, 0) is 31.7 Å². The number of hydrogen-bond donors (Lipinski definition) is 1. The van der Waals surface area contributed by atoms with E-state index in [-0.39, 0.29) is 11.6 Å². The van der Waals surface area contributed by atoms with Gasteiger partial charge < -0.3 is 4.90 Å². The Labute approximate surface area is 149 Å². The number of aromatic nitrogens is 4. The minimum Gasteiger partial charge on any atom is -0.365 e. The van der Waals surface area contributed by atoms with E-state index < -0.39 is 0 Å². The van der Waals surface area contributed by atoms with Crippen LogP contribution in [0, 0.1) is 5.92 Å². The third-order valence-corrected chi connectivity index (χ3v) is 5.85. The molecule has 2 aromatic rings. The molecule has 25 heavy (non-hydrogen) atoms. The molecule has 2 aliphatic heterocycles. The van der Waals surface area contributed by atoms with Gasteiger partial charge in [-0.25, -0.2) is 4.68 Å². The summed E-state index contributed by atoms with van der Waals surface area (Å²) in [6, 6.07) is 2.24. The number of rotatable bonds is 3. The highest BCUT2D eigenvalue weighted by atomic mass is 35.5. The zero-order chi connectivity index (χ0) is 17.1. The maximum absolute atomic E-state index is 13.1. The average Bonchev–Trinajstić information content (AvgIpc) is 3.26. The van der Waals surface area contributed by atoms with E-state index in [2.05, 4.69) is 22.0 Å². The van der Waals surface area contributed by atoms with Crippen molar-refractivity contribution in [2.24, 2.45) is 5.92 Å². The van der Waals surface area contributed by atoms with Crippen molar-refractivity contribution in [3.8, 4) is 0 Å². The van der Waals surface area contributed by atoms with Crippen LogP contribution < -0.4 is 16.1 Å². The van der Waals surface area contributed by atoms with E-state index >= 15 is 0 Å². The summed E-state index contributed by atoms with van der Waals surface area (Å²) >= 11 is 6.33. The smallest absolute Gasteiger partial charge is 0.276 e. The van der Waals surface area contributed by atoms with Crippen molar-refractivity contribution in [2.45, 2.75) is 38.9 Å². The van der Waals surface area contributed by atoms with Crippen LogP contribution in [0.5, 0.6) is 0 Å². The molecule has 3 aliphatic rings. The lowest BCUT2D eigenvalue weighted by Crippen LogP contribution is -2.48. The predicted octanol–water partition coefficient (Wildman–Crippen LogP) is 0.175. The molecule has 0 spiro atoms. The molecule has 7 nitrogen and oxygen atoms in total. The van der Waals surface area contributed by atoms with Crippen molar-refractivity contribution < 1.29 is 0 Å². The number of aromatic amines is 1. The van der Waals surface area contributed by atoms with Crippen LogP contribution >= 0.6 is 11.8 Å². The highest BCUT2D eigenvalue weighted by molar-refractivity contribution is 6.16. The van der Waals surface area contributed by atoms with Crippen LogP contribution in [0.25, 0.3) is 11.9 Å². The van der Waals surface area contributed by atoms with Crippen molar-refractivity contribution in [3.63, 3.8) is 0 Å². The second kappa shape index (κ2) is 5.42. The first-order valence-electron chi connectivity index (χ1n) is 8.85. The summed E-state index contributed by atoms with van der Waals surface area (Å²) < 4.78 is 5.45. The van der Waals surface area contributed by atoms with E-state index in [0.29, 0.717) is 12.5 Å². The molecule has 8 heteroatoms. The third-order valence-electron chi connectivity index (χ3n) is 5.63. The van der Waals surface area contributed by atoms with E-state index in [1.54, 1.807) is 9.10 Å². The first-order chi connectivity index (χ1) is 12.1. The predicted molar refractivity (Wildman–Crippen MR) is 94.8 cm³/mol. The largest absolute Gasteiger partial charge is 0.365 e. The molecule has 0 saturated heterocycles. The summed E-state index contributed by atoms with van der Waals surface area (Å²) in [5, 5.41) is 9.22. The Morgan fingerprint density at radius 3 is 2.96 bits per heavy atom. The summed E-state index contributed by atoms with van der Waals surface area (Å²) in [6.07, 6.45) is 6.06. The second-order valence-corrected chi connectivity index (χ2v) is 7.69. The normalized spacial score (nSPS) is 21.0. The monoisotopic (exact) mass is 360 g/mol. The highest BCUT2D eigenvalue weighted by Gasteiger charge is 2.32. The van der Waals surface area contributed by atoms with Gasteiger partial charge in [0.15, 0.2) is 0 Å². The quantitative estimate of drug-likeness (QED) is 0.793. The third kappa shape index (κ3) is 2.40. The van der Waals surface area contributed by atoms with Crippen molar-refractivity contribution in [2.75, 3.05) is 13.1 Å². The van der Waals surface area contributed by atoms with Gasteiger partial charge in [0.25, 0.3) is 5.56 Å². The van der Waals surface area contributed by atoms with E-state index in [9.17, 15) is 4.79 Å². The maximum atomic E-state index is 13.1. The fourth-order valence-corrected chi connectivity index (χ4v) is 4.21. The van der Waals surface area contributed by atoms with E-state index in [0.717, 1.165) is 41.6 Å². The summed E-state index contributed by atoms with van der Waals surface area (Å²) in [7, 11) is 0. The lowest BCUT2D eigenvalue weighted by Gasteiger charge is -2.33. The molecule has 1 aliphatic carbocycles. The molecule has 1 N–H and O–H groups in total. The molecule has 1 atom stereocenters. The molecule has 2 aromatic heterocycles. The van der Waals surface area contributed by atoms with Crippen LogP contribution in [0.1, 0.15) is 31.5 Å². The van der Waals surface area contributed by atoms with Crippen molar-refractivity contribution in [1.29, 1.82) is 0 Å². The molecule has 0 radical (unpaired) electrons. The number of H-pyrrole nitrogens is 1. The number of hydrogen-bond acceptors (Lipinski definition) is 4. The molecule has 0 bridgehead atoms. The van der Waals surface area contributed by atoms with E-state index in [4.69, 9.17) is 11.8 Å². The molecule has 1 saturated carbocycles. The van der Waals surface area contributed by atoms with Gasteiger partial charge in [-0.2, -0.15) is 5.10 Å². The van der Waals surface area contributed by atoms with E-state index in [1.807, 2.05) is 23.1 Å².